The lowest BCUT2D eigenvalue weighted by atomic mass is 10.1. The molecule has 2 heterocycles. The maximum Gasteiger partial charge on any atom is 0.220 e. The molecular weight excluding hydrogens is 310 g/mol. The molecule has 4 heteroatoms. The summed E-state index contributed by atoms with van der Waals surface area (Å²) < 4.78 is 6.13. The van der Waals surface area contributed by atoms with Crippen LogP contribution in [0.25, 0.3) is 0 Å². The summed E-state index contributed by atoms with van der Waals surface area (Å²) in [6, 6.07) is 8.49. The molecule has 1 saturated carbocycles. The SMILES string of the molecule is CC.Cc1ccc(COc2nc(C3CC3)nc3c2CCNCC3)cc1. The van der Waals surface area contributed by atoms with Crippen LogP contribution in [0.15, 0.2) is 24.3 Å². The highest BCUT2D eigenvalue weighted by molar-refractivity contribution is 5.34. The smallest absolute Gasteiger partial charge is 0.220 e. The first-order valence-electron chi connectivity index (χ1n) is 9.58. The highest BCUT2D eigenvalue weighted by Gasteiger charge is 2.29. The monoisotopic (exact) mass is 339 g/mol. The second-order valence-electron chi connectivity index (χ2n) is 6.61. The summed E-state index contributed by atoms with van der Waals surface area (Å²) in [7, 11) is 0. The van der Waals surface area contributed by atoms with Crippen LogP contribution in [0, 0.1) is 6.92 Å². The van der Waals surface area contributed by atoms with E-state index in [1.807, 2.05) is 13.8 Å². The Bertz CT molecular complexity index is 693. The highest BCUT2D eigenvalue weighted by atomic mass is 16.5. The van der Waals surface area contributed by atoms with Gasteiger partial charge in [-0.3, -0.25) is 0 Å². The van der Waals surface area contributed by atoms with Crippen molar-refractivity contribution in [2.24, 2.45) is 0 Å². The third kappa shape index (κ3) is 4.57. The van der Waals surface area contributed by atoms with Gasteiger partial charge in [-0.2, -0.15) is 4.98 Å². The fourth-order valence-corrected chi connectivity index (χ4v) is 3.01. The van der Waals surface area contributed by atoms with Gasteiger partial charge >= 0.3 is 0 Å². The van der Waals surface area contributed by atoms with Gasteiger partial charge < -0.3 is 10.1 Å². The van der Waals surface area contributed by atoms with Gasteiger partial charge in [0.15, 0.2) is 0 Å². The molecule has 1 N–H and O–H groups in total. The lowest BCUT2D eigenvalue weighted by Gasteiger charge is -2.14. The van der Waals surface area contributed by atoms with Crippen LogP contribution in [-0.4, -0.2) is 23.1 Å². The van der Waals surface area contributed by atoms with Crippen molar-refractivity contribution in [2.75, 3.05) is 13.1 Å². The van der Waals surface area contributed by atoms with E-state index in [1.54, 1.807) is 0 Å². The number of nitrogens with one attached hydrogen (secondary N) is 1. The van der Waals surface area contributed by atoms with E-state index in [4.69, 9.17) is 14.7 Å². The number of hydrogen-bond acceptors (Lipinski definition) is 4. The molecular formula is C21H29N3O. The van der Waals surface area contributed by atoms with E-state index in [0.717, 1.165) is 37.6 Å². The predicted molar refractivity (Wildman–Crippen MR) is 101 cm³/mol. The van der Waals surface area contributed by atoms with Crippen LogP contribution in [0.2, 0.25) is 0 Å². The van der Waals surface area contributed by atoms with Crippen molar-refractivity contribution in [3.63, 3.8) is 0 Å². The van der Waals surface area contributed by atoms with Gasteiger partial charge in [0, 0.05) is 24.4 Å². The Morgan fingerprint density at radius 1 is 1.04 bits per heavy atom. The zero-order valence-corrected chi connectivity index (χ0v) is 15.6. The molecule has 0 spiro atoms. The summed E-state index contributed by atoms with van der Waals surface area (Å²) in [5.41, 5.74) is 4.84. The molecule has 0 atom stereocenters. The van der Waals surface area contributed by atoms with Gasteiger partial charge in [-0.25, -0.2) is 4.98 Å². The molecule has 0 amide bonds. The van der Waals surface area contributed by atoms with E-state index in [9.17, 15) is 0 Å². The van der Waals surface area contributed by atoms with Gasteiger partial charge in [-0.15, -0.1) is 0 Å². The van der Waals surface area contributed by atoms with Crippen LogP contribution >= 0.6 is 0 Å². The second kappa shape index (κ2) is 8.43. The number of nitrogens with zero attached hydrogens (tertiary/aromatic N) is 2. The average Bonchev–Trinajstić information content (AvgIpc) is 3.49. The van der Waals surface area contributed by atoms with E-state index in [1.165, 1.54) is 35.2 Å². The van der Waals surface area contributed by atoms with Crippen molar-refractivity contribution in [3.8, 4) is 5.88 Å². The van der Waals surface area contributed by atoms with Crippen molar-refractivity contribution in [1.82, 2.24) is 15.3 Å². The summed E-state index contributed by atoms with van der Waals surface area (Å²) in [5, 5.41) is 3.44. The van der Waals surface area contributed by atoms with Gasteiger partial charge in [0.1, 0.15) is 12.4 Å². The first-order valence-corrected chi connectivity index (χ1v) is 9.58. The average molecular weight is 339 g/mol. The van der Waals surface area contributed by atoms with Crippen LogP contribution < -0.4 is 10.1 Å². The Balaban J connectivity index is 0.000000880. The number of rotatable bonds is 4. The first kappa shape index (κ1) is 17.9. The van der Waals surface area contributed by atoms with Crippen molar-refractivity contribution in [2.45, 2.75) is 59.0 Å². The number of benzene rings is 1. The van der Waals surface area contributed by atoms with E-state index < -0.39 is 0 Å². The molecule has 25 heavy (non-hydrogen) atoms. The van der Waals surface area contributed by atoms with Gasteiger partial charge in [-0.1, -0.05) is 43.7 Å². The lowest BCUT2D eigenvalue weighted by Crippen LogP contribution is -2.16. The molecule has 0 radical (unpaired) electrons. The normalized spacial score (nSPS) is 16.3. The highest BCUT2D eigenvalue weighted by Crippen LogP contribution is 2.39. The molecule has 134 valence electrons. The fourth-order valence-electron chi connectivity index (χ4n) is 3.01. The zero-order valence-electron chi connectivity index (χ0n) is 15.6. The van der Waals surface area contributed by atoms with Gasteiger partial charge in [0.2, 0.25) is 5.88 Å². The molecule has 4 rings (SSSR count). The minimum absolute atomic E-state index is 0.554. The number of aromatic nitrogens is 2. The molecule has 1 aliphatic carbocycles. The topological polar surface area (TPSA) is 47.0 Å². The van der Waals surface area contributed by atoms with Crippen LogP contribution in [0.1, 0.15) is 60.8 Å². The molecule has 0 unspecified atom stereocenters. The molecule has 1 aromatic carbocycles. The summed E-state index contributed by atoms with van der Waals surface area (Å²) in [6.45, 7) is 8.64. The quantitative estimate of drug-likeness (QED) is 0.916. The minimum Gasteiger partial charge on any atom is -0.473 e. The Kier molecular flexibility index (Phi) is 6.03. The van der Waals surface area contributed by atoms with Gasteiger partial charge in [0.05, 0.1) is 5.69 Å². The summed E-state index contributed by atoms with van der Waals surface area (Å²) in [6.07, 6.45) is 4.35. The maximum atomic E-state index is 6.13. The Labute approximate surface area is 151 Å². The Morgan fingerprint density at radius 2 is 1.76 bits per heavy atom. The maximum absolute atomic E-state index is 6.13. The molecule has 2 aliphatic rings. The molecule has 2 aromatic rings. The standard InChI is InChI=1S/C19H23N3O.C2H6/c1-13-2-4-14(5-3-13)12-23-19-16-8-10-20-11-9-17(16)21-18(22-19)15-6-7-15;1-2/h2-5,15,20H,6-12H2,1H3;1-2H3. The summed E-state index contributed by atoms with van der Waals surface area (Å²) >= 11 is 0. The number of ether oxygens (including phenoxy) is 1. The molecule has 0 saturated heterocycles. The second-order valence-corrected chi connectivity index (χ2v) is 6.61. The Morgan fingerprint density at radius 3 is 2.48 bits per heavy atom. The molecule has 4 nitrogen and oxygen atoms in total. The minimum atomic E-state index is 0.554. The van der Waals surface area contributed by atoms with Crippen molar-refractivity contribution < 1.29 is 4.74 Å². The third-order valence-corrected chi connectivity index (χ3v) is 4.60. The first-order chi connectivity index (χ1) is 12.3. The van der Waals surface area contributed by atoms with Crippen LogP contribution in [0.4, 0.5) is 0 Å². The van der Waals surface area contributed by atoms with Crippen LogP contribution in [-0.2, 0) is 19.4 Å². The van der Waals surface area contributed by atoms with Crippen molar-refractivity contribution in [3.05, 3.63) is 52.5 Å². The number of fused-ring (bicyclic) bond motifs is 1. The molecule has 1 aromatic heterocycles. The molecule has 1 aliphatic heterocycles. The molecule has 0 bridgehead atoms. The van der Waals surface area contributed by atoms with Crippen LogP contribution in [0.3, 0.4) is 0 Å². The van der Waals surface area contributed by atoms with Crippen molar-refractivity contribution >= 4 is 0 Å². The fraction of sp³-hybridized carbons (Fsp3) is 0.524. The Hall–Kier alpha value is -1.94. The summed E-state index contributed by atoms with van der Waals surface area (Å²) in [5.74, 6) is 2.35. The van der Waals surface area contributed by atoms with Crippen LogP contribution in [0.5, 0.6) is 5.88 Å². The summed E-state index contributed by atoms with van der Waals surface area (Å²) in [4.78, 5) is 9.59. The lowest BCUT2D eigenvalue weighted by molar-refractivity contribution is 0.288. The number of hydrogen-bond donors (Lipinski definition) is 1. The van der Waals surface area contributed by atoms with E-state index >= 15 is 0 Å². The van der Waals surface area contributed by atoms with E-state index in [-0.39, 0.29) is 0 Å². The van der Waals surface area contributed by atoms with E-state index in [2.05, 4.69) is 36.5 Å². The number of aryl methyl sites for hydroxylation is 1. The van der Waals surface area contributed by atoms with E-state index in [0.29, 0.717) is 12.5 Å². The van der Waals surface area contributed by atoms with Crippen molar-refractivity contribution in [1.29, 1.82) is 0 Å². The molecule has 1 fully saturated rings. The third-order valence-electron chi connectivity index (χ3n) is 4.60. The zero-order chi connectivity index (χ0) is 17.6. The largest absolute Gasteiger partial charge is 0.473 e. The van der Waals surface area contributed by atoms with Gasteiger partial charge in [-0.05, 0) is 38.3 Å². The predicted octanol–water partition coefficient (Wildman–Crippen LogP) is 3.96. The van der Waals surface area contributed by atoms with Gasteiger partial charge in [0.25, 0.3) is 0 Å².